The number of fused-ring (bicyclic) bond motifs is 1. The Bertz CT molecular complexity index is 926. The van der Waals surface area contributed by atoms with E-state index in [4.69, 9.17) is 15.9 Å². The zero-order valence-electron chi connectivity index (χ0n) is 19.9. The first-order valence-corrected chi connectivity index (χ1v) is 11.9. The van der Waals surface area contributed by atoms with E-state index in [1.807, 2.05) is 0 Å². The molecule has 6 atom stereocenters. The molecule has 0 radical (unpaired) electrons. The van der Waals surface area contributed by atoms with Gasteiger partial charge in [0.2, 0.25) is 0 Å². The molecule has 7 nitrogen and oxygen atoms in total. The first kappa shape index (κ1) is 24.8. The number of nitrogens with two attached hydrogens (primary N) is 1. The molecule has 3 aliphatic rings. The Balaban J connectivity index is 1.47. The van der Waals surface area contributed by atoms with E-state index in [1.165, 1.54) is 6.20 Å². The summed E-state index contributed by atoms with van der Waals surface area (Å²) in [6.07, 6.45) is 2.77. The number of aromatic nitrogens is 1. The van der Waals surface area contributed by atoms with Crippen molar-refractivity contribution in [2.75, 3.05) is 25.9 Å². The van der Waals surface area contributed by atoms with Gasteiger partial charge in [-0.1, -0.05) is 6.92 Å². The summed E-state index contributed by atoms with van der Waals surface area (Å²) in [6.45, 7) is 6.26. The number of nitrogens with one attached hydrogen (secondary N) is 2. The first-order valence-electron chi connectivity index (χ1n) is 11.9. The van der Waals surface area contributed by atoms with Gasteiger partial charge in [0, 0.05) is 55.7 Å². The van der Waals surface area contributed by atoms with Gasteiger partial charge in [-0.05, 0) is 56.6 Å². The zero-order chi connectivity index (χ0) is 24.6. The lowest BCUT2D eigenvalue weighted by molar-refractivity contribution is -0.274. The van der Waals surface area contributed by atoms with Crippen molar-refractivity contribution in [1.29, 1.82) is 5.41 Å². The minimum Gasteiger partial charge on any atom is -0.402 e. The predicted molar refractivity (Wildman–Crippen MR) is 124 cm³/mol. The van der Waals surface area contributed by atoms with Crippen LogP contribution in [0.5, 0.6) is 5.75 Å². The van der Waals surface area contributed by atoms with Crippen molar-refractivity contribution in [2.45, 2.75) is 64.1 Å². The molecule has 2 aliphatic carbocycles. The van der Waals surface area contributed by atoms with Crippen molar-refractivity contribution in [2.24, 2.45) is 17.8 Å². The first-order chi connectivity index (χ1) is 16.1. The molecule has 10 heteroatoms. The fourth-order valence-electron chi connectivity index (χ4n) is 5.52. The molecule has 1 saturated heterocycles. The molecule has 2 heterocycles. The van der Waals surface area contributed by atoms with Gasteiger partial charge in [0.25, 0.3) is 0 Å². The highest BCUT2D eigenvalue weighted by atomic mass is 19.4. The number of hydrogen-bond donors (Lipinski definition) is 3. The van der Waals surface area contributed by atoms with E-state index >= 15 is 0 Å². The molecule has 4 N–H and O–H groups in total. The predicted octanol–water partition coefficient (Wildman–Crippen LogP) is 3.95. The number of allylic oxidation sites excluding steroid dienone is 2. The van der Waals surface area contributed by atoms with Gasteiger partial charge in [-0.3, -0.25) is 4.90 Å². The Morgan fingerprint density at radius 1 is 1.38 bits per heavy atom. The van der Waals surface area contributed by atoms with Gasteiger partial charge in [0.05, 0.1) is 11.8 Å². The van der Waals surface area contributed by atoms with Gasteiger partial charge in [0.1, 0.15) is 0 Å². The quantitative estimate of drug-likeness (QED) is 0.462. The Morgan fingerprint density at radius 3 is 2.68 bits per heavy atom. The maximum absolute atomic E-state index is 12.7. The second-order valence-electron chi connectivity index (χ2n) is 9.74. The summed E-state index contributed by atoms with van der Waals surface area (Å²) >= 11 is 0. The molecule has 1 aliphatic heterocycles. The number of ether oxygens (including phenoxy) is 2. The van der Waals surface area contributed by atoms with Gasteiger partial charge >= 0.3 is 6.36 Å². The van der Waals surface area contributed by atoms with E-state index in [0.29, 0.717) is 29.9 Å². The molecule has 0 aromatic carbocycles. The third kappa shape index (κ3) is 5.49. The molecule has 1 unspecified atom stereocenters. The highest BCUT2D eigenvalue weighted by molar-refractivity contribution is 6.07. The van der Waals surface area contributed by atoms with Crippen molar-refractivity contribution in [1.82, 2.24) is 15.2 Å². The lowest BCUT2D eigenvalue weighted by atomic mass is 10.0. The Hall–Kier alpha value is -2.33. The number of nitrogens with zero attached hydrogens (tertiary/aromatic N) is 2. The largest absolute Gasteiger partial charge is 0.573 e. The average molecular weight is 482 g/mol. The molecule has 1 aromatic rings. The fourth-order valence-corrected chi connectivity index (χ4v) is 5.52. The normalized spacial score (nSPS) is 30.2. The van der Waals surface area contributed by atoms with Crippen molar-refractivity contribution in [3.8, 4) is 5.75 Å². The van der Waals surface area contributed by atoms with Gasteiger partial charge in [-0.15, -0.1) is 13.2 Å². The van der Waals surface area contributed by atoms with Crippen molar-refractivity contribution < 1.29 is 22.6 Å². The van der Waals surface area contributed by atoms with Crippen molar-refractivity contribution >= 4 is 11.5 Å². The number of pyridine rings is 1. The van der Waals surface area contributed by atoms with E-state index in [0.717, 1.165) is 50.5 Å². The monoisotopic (exact) mass is 481 g/mol. The number of anilines is 1. The Labute approximate surface area is 198 Å². The van der Waals surface area contributed by atoms with Crippen LogP contribution in [0, 0.1) is 23.2 Å². The van der Waals surface area contributed by atoms with E-state index in [-0.39, 0.29) is 23.1 Å². The van der Waals surface area contributed by atoms with Crippen LogP contribution in [-0.2, 0) is 4.74 Å². The van der Waals surface area contributed by atoms with Crippen LogP contribution in [0.25, 0.3) is 0 Å². The van der Waals surface area contributed by atoms with Crippen LogP contribution in [0.2, 0.25) is 0 Å². The summed E-state index contributed by atoms with van der Waals surface area (Å²) < 4.78 is 47.5. The molecule has 0 bridgehead atoms. The molecule has 2 saturated carbocycles. The molecule has 0 amide bonds. The number of alkyl halides is 3. The number of likely N-dealkylation sites (tertiary alicyclic amines) is 1. The van der Waals surface area contributed by atoms with Crippen LogP contribution < -0.4 is 15.8 Å². The number of rotatable bonds is 9. The van der Waals surface area contributed by atoms with Crippen LogP contribution in [0.3, 0.4) is 0 Å². The minimum absolute atomic E-state index is 0.0781. The third-order valence-corrected chi connectivity index (χ3v) is 7.55. The smallest absolute Gasteiger partial charge is 0.402 e. The average Bonchev–Trinajstić information content (AvgIpc) is 3.12. The molecule has 4 rings (SSSR count). The van der Waals surface area contributed by atoms with Crippen LogP contribution in [0.15, 0.2) is 24.0 Å². The van der Waals surface area contributed by atoms with Crippen LogP contribution >= 0.6 is 0 Å². The zero-order valence-corrected chi connectivity index (χ0v) is 19.9. The molecular weight excluding hydrogens is 447 g/mol. The maximum atomic E-state index is 12.7. The van der Waals surface area contributed by atoms with Crippen LogP contribution in [0.4, 0.5) is 19.0 Å². The molecule has 1 aromatic heterocycles. The summed E-state index contributed by atoms with van der Waals surface area (Å²) in [5.74, 6) is 0.521. The lowest BCUT2D eigenvalue weighted by Gasteiger charge is -2.27. The van der Waals surface area contributed by atoms with E-state index in [1.54, 1.807) is 13.2 Å². The molecule has 3 fully saturated rings. The van der Waals surface area contributed by atoms with Crippen LogP contribution in [-0.4, -0.2) is 60.3 Å². The van der Waals surface area contributed by atoms with Gasteiger partial charge in [-0.25, -0.2) is 4.98 Å². The van der Waals surface area contributed by atoms with Gasteiger partial charge in [0.15, 0.2) is 11.6 Å². The molecule has 34 heavy (non-hydrogen) atoms. The number of hydrogen-bond acceptors (Lipinski definition) is 7. The Morgan fingerprint density at radius 2 is 2.09 bits per heavy atom. The standard InChI is InChI=1S/C24H34F3N5O2/c1-4-13(2)31-20(10-19(28)14-7-21(23(29)30-11-14)34-24(25,26)27)22-17-8-15(9-18(17)22)32-6-5-16(12-32)33-3/h7,10-11,13,15-18,22,28,31H,4-6,8-9,12H2,1-3H3,(H2,29,30)/b20-10-,28-19?/t13?,15-,16-,17+,18-,22-/m0/s1. The SMILES string of the molecule is CCC(C)N/C(=C\C(=N)c1cnc(N)c(OC(F)(F)F)c1)[C@H]1[C@@H]2C[C@H](N3CC[C@H](OC)C3)C[C@@H]21. The van der Waals surface area contributed by atoms with Crippen molar-refractivity contribution in [3.63, 3.8) is 0 Å². The summed E-state index contributed by atoms with van der Waals surface area (Å²) in [7, 11) is 1.78. The number of methoxy groups -OCH3 is 1. The third-order valence-electron chi connectivity index (χ3n) is 7.55. The second kappa shape index (κ2) is 9.73. The second-order valence-corrected chi connectivity index (χ2v) is 9.74. The van der Waals surface area contributed by atoms with Crippen LogP contribution in [0.1, 0.15) is 45.1 Å². The van der Waals surface area contributed by atoms with E-state index in [9.17, 15) is 13.2 Å². The topological polar surface area (TPSA) is 96.5 Å². The summed E-state index contributed by atoms with van der Waals surface area (Å²) in [5.41, 5.74) is 6.83. The lowest BCUT2D eigenvalue weighted by Crippen LogP contribution is -2.34. The minimum atomic E-state index is -4.88. The van der Waals surface area contributed by atoms with E-state index in [2.05, 4.69) is 33.8 Å². The van der Waals surface area contributed by atoms with Gasteiger partial charge < -0.3 is 25.9 Å². The van der Waals surface area contributed by atoms with Crippen molar-refractivity contribution in [3.05, 3.63) is 29.6 Å². The number of nitrogen functional groups attached to an aromatic ring is 1. The molecule has 188 valence electrons. The summed E-state index contributed by atoms with van der Waals surface area (Å²) in [6, 6.07) is 1.93. The fraction of sp³-hybridized carbons (Fsp3) is 0.667. The van der Waals surface area contributed by atoms with Gasteiger partial charge in [-0.2, -0.15) is 0 Å². The van der Waals surface area contributed by atoms with E-state index < -0.39 is 12.1 Å². The molecular formula is C24H34F3N5O2. The highest BCUT2D eigenvalue weighted by Gasteiger charge is 2.58. The summed E-state index contributed by atoms with van der Waals surface area (Å²) in [5, 5.41) is 12.1. The highest BCUT2D eigenvalue weighted by Crippen LogP contribution is 2.61. The maximum Gasteiger partial charge on any atom is 0.573 e. The molecule has 0 spiro atoms. The summed E-state index contributed by atoms with van der Waals surface area (Å²) in [4.78, 5) is 6.35. The Kier molecular flexibility index (Phi) is 7.09. The number of halogens is 3.